The summed E-state index contributed by atoms with van der Waals surface area (Å²) in [5.74, 6) is -0.652. The summed E-state index contributed by atoms with van der Waals surface area (Å²) in [7, 11) is 0. The Morgan fingerprint density at radius 2 is 2.31 bits per heavy atom. The molecule has 1 atom stereocenters. The van der Waals surface area contributed by atoms with E-state index in [0.29, 0.717) is 34.4 Å². The second kappa shape index (κ2) is 6.84. The number of hydrogen-bond acceptors (Lipinski definition) is 4. The molecule has 1 fully saturated rings. The molecule has 26 heavy (non-hydrogen) atoms. The lowest BCUT2D eigenvalue weighted by molar-refractivity contribution is 0.0940. The van der Waals surface area contributed by atoms with Crippen molar-refractivity contribution in [2.45, 2.75) is 32.4 Å². The van der Waals surface area contributed by atoms with E-state index in [1.807, 2.05) is 0 Å². The van der Waals surface area contributed by atoms with Crippen LogP contribution in [0, 0.1) is 12.7 Å². The average Bonchev–Trinajstić information content (AvgIpc) is 3.26. The molecule has 7 heteroatoms. The molecule has 0 spiro atoms. The van der Waals surface area contributed by atoms with Crippen LogP contribution >= 0.6 is 0 Å². The van der Waals surface area contributed by atoms with Crippen molar-refractivity contribution in [2.24, 2.45) is 0 Å². The van der Waals surface area contributed by atoms with Crippen LogP contribution in [0.1, 0.15) is 28.9 Å². The van der Waals surface area contributed by atoms with Gasteiger partial charge >= 0.3 is 0 Å². The molecule has 1 amide bonds. The first kappa shape index (κ1) is 16.7. The average molecular weight is 354 g/mol. The topological polar surface area (TPSA) is 69.0 Å². The second-order valence-corrected chi connectivity index (χ2v) is 6.51. The van der Waals surface area contributed by atoms with Gasteiger partial charge in [-0.2, -0.15) is 5.10 Å². The third-order valence-electron chi connectivity index (χ3n) is 4.45. The van der Waals surface area contributed by atoms with Crippen LogP contribution in [0.5, 0.6) is 0 Å². The highest BCUT2D eigenvalue weighted by Gasteiger charge is 2.17. The number of nitrogens with one attached hydrogen (secondary N) is 1. The molecule has 1 saturated heterocycles. The number of anilines is 1. The first-order valence-corrected chi connectivity index (χ1v) is 8.61. The van der Waals surface area contributed by atoms with E-state index >= 15 is 0 Å². The summed E-state index contributed by atoms with van der Waals surface area (Å²) in [5, 5.41) is 7.74. The molecule has 1 aromatic carbocycles. The van der Waals surface area contributed by atoms with Crippen molar-refractivity contribution in [1.82, 2.24) is 14.8 Å². The zero-order valence-corrected chi connectivity index (χ0v) is 14.4. The molecule has 0 radical (unpaired) electrons. The van der Waals surface area contributed by atoms with Gasteiger partial charge in [0.25, 0.3) is 5.91 Å². The summed E-state index contributed by atoms with van der Waals surface area (Å²) < 4.78 is 20.8. The molecule has 0 saturated carbocycles. The predicted octanol–water partition coefficient (Wildman–Crippen LogP) is 3.31. The van der Waals surface area contributed by atoms with Gasteiger partial charge in [-0.15, -0.1) is 0 Å². The predicted molar refractivity (Wildman–Crippen MR) is 95.6 cm³/mol. The Balaban J connectivity index is 1.55. The van der Waals surface area contributed by atoms with Crippen LogP contribution in [-0.2, 0) is 11.3 Å². The van der Waals surface area contributed by atoms with Crippen LogP contribution in [0.15, 0.2) is 36.7 Å². The summed E-state index contributed by atoms with van der Waals surface area (Å²) >= 11 is 0. The minimum atomic E-state index is -0.377. The van der Waals surface area contributed by atoms with Gasteiger partial charge < -0.3 is 10.1 Å². The van der Waals surface area contributed by atoms with Crippen molar-refractivity contribution in [2.75, 3.05) is 11.9 Å². The molecule has 6 nitrogen and oxygen atoms in total. The molecule has 134 valence electrons. The third-order valence-corrected chi connectivity index (χ3v) is 4.45. The number of aryl methyl sites for hydroxylation is 1. The van der Waals surface area contributed by atoms with Crippen molar-refractivity contribution in [3.8, 4) is 0 Å². The Labute approximate surface area is 150 Å². The van der Waals surface area contributed by atoms with E-state index in [2.05, 4.69) is 15.4 Å². The maximum atomic E-state index is 13.5. The van der Waals surface area contributed by atoms with Gasteiger partial charge in [0.1, 0.15) is 5.82 Å². The number of carbonyl (C=O) groups is 1. The van der Waals surface area contributed by atoms with Gasteiger partial charge in [0.15, 0.2) is 0 Å². The molecule has 3 aromatic rings. The number of carbonyl (C=O) groups excluding carboxylic acids is 1. The zero-order chi connectivity index (χ0) is 18.1. The standard InChI is InChI=1S/C19H19FN4O2/c1-12-7-17(16-5-4-13(20)8-18(16)22-12)19(25)23-14-9-21-24(10-14)11-15-3-2-6-26-15/h4-5,7-10,15H,2-3,6,11H2,1H3,(H,23,25). The number of rotatable bonds is 4. The minimum absolute atomic E-state index is 0.181. The first-order valence-electron chi connectivity index (χ1n) is 8.61. The Kier molecular flexibility index (Phi) is 4.38. The van der Waals surface area contributed by atoms with Crippen molar-refractivity contribution in [3.63, 3.8) is 0 Å². The summed E-state index contributed by atoms with van der Waals surface area (Å²) in [4.78, 5) is 17.0. The van der Waals surface area contributed by atoms with Gasteiger partial charge in [-0.1, -0.05) is 0 Å². The van der Waals surface area contributed by atoms with E-state index in [0.717, 1.165) is 19.4 Å². The number of amides is 1. The van der Waals surface area contributed by atoms with Gasteiger partial charge in [0.2, 0.25) is 0 Å². The van der Waals surface area contributed by atoms with Gasteiger partial charge in [-0.25, -0.2) is 4.39 Å². The molecule has 0 bridgehead atoms. The van der Waals surface area contributed by atoms with E-state index in [1.165, 1.54) is 12.1 Å². The molecular weight excluding hydrogens is 335 g/mol. The number of pyridine rings is 1. The maximum Gasteiger partial charge on any atom is 0.256 e. The molecule has 1 aliphatic rings. The molecule has 4 rings (SSSR count). The fourth-order valence-corrected chi connectivity index (χ4v) is 3.25. The van der Waals surface area contributed by atoms with E-state index in [1.54, 1.807) is 36.1 Å². The Morgan fingerprint density at radius 1 is 1.42 bits per heavy atom. The van der Waals surface area contributed by atoms with Gasteiger partial charge in [0.05, 0.1) is 35.6 Å². The van der Waals surface area contributed by atoms with Crippen molar-refractivity contribution >= 4 is 22.5 Å². The molecule has 0 aliphatic carbocycles. The zero-order valence-electron chi connectivity index (χ0n) is 14.4. The number of aromatic nitrogens is 3. The van der Waals surface area contributed by atoms with Crippen molar-refractivity contribution in [3.05, 3.63) is 53.7 Å². The Hall–Kier alpha value is -2.80. The lowest BCUT2D eigenvalue weighted by Gasteiger charge is -2.09. The van der Waals surface area contributed by atoms with Crippen LogP contribution in [0.4, 0.5) is 10.1 Å². The molecule has 1 unspecified atom stereocenters. The Bertz CT molecular complexity index is 958. The fraction of sp³-hybridized carbons (Fsp3) is 0.316. The van der Waals surface area contributed by atoms with Crippen LogP contribution in [0.25, 0.3) is 10.9 Å². The smallest absolute Gasteiger partial charge is 0.256 e. The third kappa shape index (κ3) is 3.43. The van der Waals surface area contributed by atoms with E-state index in [-0.39, 0.29) is 17.8 Å². The highest BCUT2D eigenvalue weighted by atomic mass is 19.1. The van der Waals surface area contributed by atoms with Crippen LogP contribution in [0.2, 0.25) is 0 Å². The highest BCUT2D eigenvalue weighted by molar-refractivity contribution is 6.12. The summed E-state index contributed by atoms with van der Waals surface area (Å²) in [6, 6.07) is 5.94. The van der Waals surface area contributed by atoms with E-state index < -0.39 is 0 Å². The largest absolute Gasteiger partial charge is 0.376 e. The van der Waals surface area contributed by atoms with Gasteiger partial charge in [-0.05, 0) is 38.0 Å². The maximum absolute atomic E-state index is 13.5. The SMILES string of the molecule is Cc1cc(C(=O)Nc2cnn(CC3CCCO3)c2)c2ccc(F)cc2n1. The number of halogens is 1. The first-order chi connectivity index (χ1) is 12.6. The molecule has 1 N–H and O–H groups in total. The van der Waals surface area contributed by atoms with Gasteiger partial charge in [-0.3, -0.25) is 14.5 Å². The van der Waals surface area contributed by atoms with Crippen molar-refractivity contribution < 1.29 is 13.9 Å². The normalized spacial score (nSPS) is 16.9. The lowest BCUT2D eigenvalue weighted by atomic mass is 10.1. The number of fused-ring (bicyclic) bond motifs is 1. The number of hydrogen-bond donors (Lipinski definition) is 1. The van der Waals surface area contributed by atoms with E-state index in [9.17, 15) is 9.18 Å². The Morgan fingerprint density at radius 3 is 3.12 bits per heavy atom. The van der Waals surface area contributed by atoms with Crippen LogP contribution in [-0.4, -0.2) is 33.4 Å². The lowest BCUT2D eigenvalue weighted by Crippen LogP contribution is -2.15. The number of benzene rings is 1. The van der Waals surface area contributed by atoms with E-state index in [4.69, 9.17) is 4.74 Å². The van der Waals surface area contributed by atoms with Gasteiger partial charge in [0, 0.05) is 30.0 Å². The van der Waals surface area contributed by atoms with Crippen LogP contribution in [0.3, 0.4) is 0 Å². The summed E-state index contributed by atoms with van der Waals surface area (Å²) in [6.45, 7) is 3.25. The fourth-order valence-electron chi connectivity index (χ4n) is 3.25. The summed E-state index contributed by atoms with van der Waals surface area (Å²) in [5.41, 5.74) is 2.18. The molecule has 1 aliphatic heterocycles. The number of ether oxygens (including phenoxy) is 1. The molecule has 2 aromatic heterocycles. The monoisotopic (exact) mass is 354 g/mol. The minimum Gasteiger partial charge on any atom is -0.376 e. The summed E-state index contributed by atoms with van der Waals surface area (Å²) in [6.07, 6.45) is 5.68. The number of nitrogens with zero attached hydrogens (tertiary/aromatic N) is 3. The van der Waals surface area contributed by atoms with Crippen LogP contribution < -0.4 is 5.32 Å². The second-order valence-electron chi connectivity index (χ2n) is 6.51. The molecule has 3 heterocycles. The van der Waals surface area contributed by atoms with Crippen molar-refractivity contribution in [1.29, 1.82) is 0 Å². The molecular formula is C19H19FN4O2. The quantitative estimate of drug-likeness (QED) is 0.780. The highest BCUT2D eigenvalue weighted by Crippen LogP contribution is 2.21.